The van der Waals surface area contributed by atoms with Crippen LogP contribution in [0.5, 0.6) is 11.5 Å². The second-order valence-corrected chi connectivity index (χ2v) is 5.85. The van der Waals surface area contributed by atoms with E-state index in [9.17, 15) is 5.11 Å². The molecule has 0 aliphatic heterocycles. The second kappa shape index (κ2) is 6.80. The fourth-order valence-electron chi connectivity index (χ4n) is 1.58. The van der Waals surface area contributed by atoms with Crippen molar-refractivity contribution in [1.82, 2.24) is 0 Å². The molecule has 0 aliphatic rings. The molecule has 0 amide bonds. The Balaban J connectivity index is 2.27. The molecule has 0 fully saturated rings. The molecule has 108 valence electrons. The van der Waals surface area contributed by atoms with Crippen molar-refractivity contribution in [3.8, 4) is 23.3 Å². The van der Waals surface area contributed by atoms with Crippen molar-refractivity contribution in [2.75, 3.05) is 0 Å². The maximum Gasteiger partial charge on any atom is 0.143 e. The van der Waals surface area contributed by atoms with Crippen LogP contribution in [0.1, 0.15) is 25.8 Å². The number of rotatable bonds is 3. The Labute approximate surface area is 133 Å². The molecule has 2 rings (SSSR count). The number of halogens is 1. The monoisotopic (exact) mass is 344 g/mol. The number of ether oxygens (including phenoxy) is 1. The number of benzene rings is 2. The van der Waals surface area contributed by atoms with E-state index >= 15 is 0 Å². The van der Waals surface area contributed by atoms with Crippen LogP contribution in [0.3, 0.4) is 0 Å². The predicted molar refractivity (Wildman–Crippen MR) is 88.5 cm³/mol. The third kappa shape index (κ3) is 4.63. The molecule has 0 radical (unpaired) electrons. The molecule has 1 N–H and O–H groups in total. The van der Waals surface area contributed by atoms with Crippen LogP contribution >= 0.6 is 15.9 Å². The van der Waals surface area contributed by atoms with Crippen molar-refractivity contribution >= 4 is 15.9 Å². The summed E-state index contributed by atoms with van der Waals surface area (Å²) in [5, 5.41) is 9.98. The second-order valence-electron chi connectivity index (χ2n) is 4.93. The third-order valence-corrected chi connectivity index (χ3v) is 3.61. The van der Waals surface area contributed by atoms with Crippen molar-refractivity contribution in [2.24, 2.45) is 0 Å². The molecule has 1 unspecified atom stereocenters. The van der Waals surface area contributed by atoms with Gasteiger partial charge in [0.15, 0.2) is 0 Å². The summed E-state index contributed by atoms with van der Waals surface area (Å²) < 4.78 is 6.86. The molecule has 0 aromatic heterocycles. The first-order valence-corrected chi connectivity index (χ1v) is 7.57. The van der Waals surface area contributed by atoms with Crippen LogP contribution in [0, 0.1) is 11.8 Å². The van der Waals surface area contributed by atoms with Crippen molar-refractivity contribution in [3.63, 3.8) is 0 Å². The molecule has 0 saturated heterocycles. The van der Waals surface area contributed by atoms with E-state index < -0.39 is 5.60 Å². The maximum absolute atomic E-state index is 9.98. The van der Waals surface area contributed by atoms with E-state index in [4.69, 9.17) is 4.74 Å². The Morgan fingerprint density at radius 2 is 1.81 bits per heavy atom. The van der Waals surface area contributed by atoms with Gasteiger partial charge in [0, 0.05) is 4.47 Å². The molecule has 2 nitrogen and oxygen atoms in total. The van der Waals surface area contributed by atoms with Crippen molar-refractivity contribution in [3.05, 3.63) is 58.6 Å². The van der Waals surface area contributed by atoms with Crippen molar-refractivity contribution in [2.45, 2.75) is 25.9 Å². The van der Waals surface area contributed by atoms with Crippen LogP contribution in [0.25, 0.3) is 0 Å². The Morgan fingerprint density at radius 1 is 1.14 bits per heavy atom. The highest BCUT2D eigenvalue weighted by molar-refractivity contribution is 9.10. The van der Waals surface area contributed by atoms with E-state index in [-0.39, 0.29) is 0 Å². The van der Waals surface area contributed by atoms with Crippen LogP contribution < -0.4 is 4.74 Å². The minimum Gasteiger partial charge on any atom is -0.456 e. The lowest BCUT2D eigenvalue weighted by molar-refractivity contribution is 0.118. The van der Waals surface area contributed by atoms with E-state index in [1.54, 1.807) is 6.92 Å². The Kier molecular flexibility index (Phi) is 5.06. The predicted octanol–water partition coefficient (Wildman–Crippen LogP) is 4.75. The summed E-state index contributed by atoms with van der Waals surface area (Å²) in [6.45, 7) is 3.61. The van der Waals surface area contributed by atoms with Gasteiger partial charge >= 0.3 is 0 Å². The van der Waals surface area contributed by atoms with Crippen LogP contribution in [0.2, 0.25) is 0 Å². The van der Waals surface area contributed by atoms with Gasteiger partial charge in [0.1, 0.15) is 17.1 Å². The Hall–Kier alpha value is -1.76. The first-order valence-electron chi connectivity index (χ1n) is 6.78. The van der Waals surface area contributed by atoms with E-state index in [1.165, 1.54) is 0 Å². The highest BCUT2D eigenvalue weighted by Crippen LogP contribution is 2.26. The molecular weight excluding hydrogens is 328 g/mol. The fourth-order valence-corrected chi connectivity index (χ4v) is 1.84. The standard InChI is InChI=1S/C18H17BrO2/c1-3-18(2,20)13-12-14-6-4-5-7-17(14)21-16-10-8-15(19)9-11-16/h4-11,20H,3H2,1-2H3. The molecule has 3 heteroatoms. The Morgan fingerprint density at radius 3 is 2.48 bits per heavy atom. The zero-order valence-corrected chi connectivity index (χ0v) is 13.6. The fraction of sp³-hybridized carbons (Fsp3) is 0.222. The van der Waals surface area contributed by atoms with Crippen LogP contribution in [-0.2, 0) is 0 Å². The maximum atomic E-state index is 9.98. The molecule has 2 aromatic carbocycles. The van der Waals surface area contributed by atoms with Crippen LogP contribution in [0.15, 0.2) is 53.0 Å². The van der Waals surface area contributed by atoms with E-state index in [0.717, 1.165) is 15.8 Å². The van der Waals surface area contributed by atoms with Gasteiger partial charge in [-0.05, 0) is 49.7 Å². The minimum atomic E-state index is -0.981. The molecular formula is C18H17BrO2. The molecule has 0 heterocycles. The zero-order chi connectivity index (χ0) is 15.3. The summed E-state index contributed by atoms with van der Waals surface area (Å²) in [4.78, 5) is 0. The van der Waals surface area contributed by atoms with Gasteiger partial charge in [0.25, 0.3) is 0 Å². The summed E-state index contributed by atoms with van der Waals surface area (Å²) >= 11 is 3.39. The lowest BCUT2D eigenvalue weighted by atomic mass is 10.0. The van der Waals surface area contributed by atoms with Gasteiger partial charge in [-0.1, -0.05) is 46.8 Å². The smallest absolute Gasteiger partial charge is 0.143 e. The van der Waals surface area contributed by atoms with Crippen LogP contribution in [-0.4, -0.2) is 10.7 Å². The highest BCUT2D eigenvalue weighted by Gasteiger charge is 2.12. The summed E-state index contributed by atoms with van der Waals surface area (Å²) in [5.74, 6) is 7.31. The minimum absolute atomic E-state index is 0.579. The van der Waals surface area contributed by atoms with Crippen molar-refractivity contribution in [1.29, 1.82) is 0 Å². The lowest BCUT2D eigenvalue weighted by Gasteiger charge is -2.12. The summed E-state index contributed by atoms with van der Waals surface area (Å²) in [7, 11) is 0. The molecule has 1 atom stereocenters. The first kappa shape index (κ1) is 15.6. The quantitative estimate of drug-likeness (QED) is 0.813. The van der Waals surface area contributed by atoms with Gasteiger partial charge in [0.05, 0.1) is 5.56 Å². The number of hydrogen-bond acceptors (Lipinski definition) is 2. The lowest BCUT2D eigenvalue weighted by Crippen LogP contribution is -2.19. The number of hydrogen-bond donors (Lipinski definition) is 1. The van der Waals surface area contributed by atoms with Gasteiger partial charge in [0.2, 0.25) is 0 Å². The summed E-state index contributed by atoms with van der Waals surface area (Å²) in [6.07, 6.45) is 0.579. The molecule has 0 saturated carbocycles. The van der Waals surface area contributed by atoms with E-state index in [2.05, 4.69) is 27.8 Å². The molecule has 0 bridgehead atoms. The number of para-hydroxylation sites is 1. The van der Waals surface area contributed by atoms with Gasteiger partial charge in [-0.25, -0.2) is 0 Å². The van der Waals surface area contributed by atoms with E-state index in [1.807, 2.05) is 55.5 Å². The molecule has 0 aliphatic carbocycles. The Bertz CT molecular complexity index is 664. The van der Waals surface area contributed by atoms with E-state index in [0.29, 0.717) is 12.2 Å². The topological polar surface area (TPSA) is 29.5 Å². The first-order chi connectivity index (χ1) is 10.00. The highest BCUT2D eigenvalue weighted by atomic mass is 79.9. The molecule has 2 aromatic rings. The average molecular weight is 345 g/mol. The number of aliphatic hydroxyl groups is 1. The van der Waals surface area contributed by atoms with Gasteiger partial charge < -0.3 is 9.84 Å². The normalized spacial score (nSPS) is 13.0. The zero-order valence-electron chi connectivity index (χ0n) is 12.1. The van der Waals surface area contributed by atoms with Crippen molar-refractivity contribution < 1.29 is 9.84 Å². The van der Waals surface area contributed by atoms with Gasteiger partial charge in [-0.2, -0.15) is 0 Å². The summed E-state index contributed by atoms with van der Waals surface area (Å²) in [5.41, 5.74) is -0.223. The summed E-state index contributed by atoms with van der Waals surface area (Å²) in [6, 6.07) is 15.2. The SMILES string of the molecule is CCC(C)(O)C#Cc1ccccc1Oc1ccc(Br)cc1. The largest absolute Gasteiger partial charge is 0.456 e. The van der Waals surface area contributed by atoms with Gasteiger partial charge in [-0.15, -0.1) is 0 Å². The molecule has 0 spiro atoms. The third-order valence-electron chi connectivity index (χ3n) is 3.08. The van der Waals surface area contributed by atoms with Gasteiger partial charge in [-0.3, -0.25) is 0 Å². The van der Waals surface area contributed by atoms with Crippen LogP contribution in [0.4, 0.5) is 0 Å². The molecule has 21 heavy (non-hydrogen) atoms. The average Bonchev–Trinajstić information content (AvgIpc) is 2.49.